The molecule has 2 aromatic heterocycles. The van der Waals surface area contributed by atoms with Gasteiger partial charge >= 0.3 is 18.0 Å². The molecule has 4 heterocycles. The number of nitrogens with zero attached hydrogens (tertiary/aromatic N) is 4. The fourth-order valence-electron chi connectivity index (χ4n) is 8.89. The summed E-state index contributed by atoms with van der Waals surface area (Å²) < 4.78 is 46.4. The van der Waals surface area contributed by atoms with Gasteiger partial charge in [-0.05, 0) is 118 Å². The number of hydrogen-bond donors (Lipinski definition) is 5. The Labute approximate surface area is 464 Å². The molecule has 5 rings (SSSR count). The molecule has 3 aromatic rings. The first-order valence-electron chi connectivity index (χ1n) is 27.5. The Hall–Kier alpha value is -6.57. The predicted molar refractivity (Wildman–Crippen MR) is 293 cm³/mol. The molecule has 2 unspecified atom stereocenters. The topological polar surface area (TPSA) is 297 Å². The van der Waals surface area contributed by atoms with Crippen LogP contribution in [0.1, 0.15) is 139 Å². The Morgan fingerprint density at radius 2 is 1.61 bits per heavy atom. The monoisotopic (exact) mass is 1120 g/mol. The number of hydrogen-bond acceptors (Lipinski definition) is 17. The fourth-order valence-corrected chi connectivity index (χ4v) is 10.5. The van der Waals surface area contributed by atoms with E-state index in [1.54, 1.807) is 56.5 Å². The predicted octanol–water partition coefficient (Wildman–Crippen LogP) is 5.44. The second-order valence-electron chi connectivity index (χ2n) is 20.8. The first kappa shape index (κ1) is 61.6. The highest BCUT2D eigenvalue weighted by Crippen LogP contribution is 2.47. The van der Waals surface area contributed by atoms with Gasteiger partial charge in [-0.2, -0.15) is 5.26 Å². The van der Waals surface area contributed by atoms with Crippen molar-refractivity contribution in [2.75, 3.05) is 39.5 Å². The van der Waals surface area contributed by atoms with Gasteiger partial charge in [-0.15, -0.1) is 0 Å². The third-order valence-electron chi connectivity index (χ3n) is 13.0. The Morgan fingerprint density at radius 1 is 0.911 bits per heavy atom. The van der Waals surface area contributed by atoms with E-state index in [0.29, 0.717) is 35.1 Å². The van der Waals surface area contributed by atoms with E-state index in [2.05, 4.69) is 37.3 Å². The molecular formula is C55H78N9O14P. The van der Waals surface area contributed by atoms with Crippen molar-refractivity contribution in [1.29, 1.82) is 5.26 Å². The van der Waals surface area contributed by atoms with Crippen LogP contribution in [0, 0.1) is 16.7 Å². The summed E-state index contributed by atoms with van der Waals surface area (Å²) in [4.78, 5) is 109. The van der Waals surface area contributed by atoms with Crippen molar-refractivity contribution in [2.45, 2.75) is 171 Å². The van der Waals surface area contributed by atoms with Gasteiger partial charge in [0.2, 0.25) is 29.2 Å². The highest BCUT2D eigenvalue weighted by atomic mass is 31.2. The second kappa shape index (κ2) is 28.5. The number of benzene rings is 1. The molecule has 79 heavy (non-hydrogen) atoms. The zero-order chi connectivity index (χ0) is 59.1. The Kier molecular flexibility index (Phi) is 22.3. The van der Waals surface area contributed by atoms with E-state index in [1.807, 2.05) is 34.6 Å². The van der Waals surface area contributed by atoms with Gasteiger partial charge in [0.15, 0.2) is 0 Å². The van der Waals surface area contributed by atoms with Crippen LogP contribution < -0.4 is 36.9 Å². The van der Waals surface area contributed by atoms with E-state index in [-0.39, 0.29) is 126 Å². The van der Waals surface area contributed by atoms with Crippen LogP contribution in [0.4, 0.5) is 4.79 Å². The summed E-state index contributed by atoms with van der Waals surface area (Å²) in [5.74, 6) is -3.23. The van der Waals surface area contributed by atoms with Gasteiger partial charge in [-0.1, -0.05) is 13.8 Å². The summed E-state index contributed by atoms with van der Waals surface area (Å²) in [5.41, 5.74) is 0.600. The Bertz CT molecular complexity index is 2850. The first-order chi connectivity index (χ1) is 37.9. The molecule has 0 bridgehead atoms. The van der Waals surface area contributed by atoms with Crippen LogP contribution in [-0.2, 0) is 77.2 Å². The van der Waals surface area contributed by atoms with Crippen molar-refractivity contribution >= 4 is 61.1 Å². The van der Waals surface area contributed by atoms with Crippen LogP contribution in [0.5, 0.6) is 5.75 Å². The van der Waals surface area contributed by atoms with E-state index in [1.165, 1.54) is 13.8 Å². The number of esters is 2. The standard InChI is InChI=1S/C55H78N9O14P/c1-13-38-39-27-37(17-18-43(39)62-47-40(38)29-63-44(47)28-42-41(50(63)69)31-74-52(71)55(42,14-2)77-51(70)54(10,11)12)76-53(72)59-24-23-58-48(67)35(8)61-49(68)36(9)60-46(66)20-19-45(65)57-22-16-25-73-30-34(7)78-79(75-26-15-21-56)64(32(3)4)33(5)6/h17-18,27-28,32-36H,13-16,19-20,22-26,29-31H2,1-12H3,(H,57,65)(H,58,67)(H,59,72)(H,60,66)(H,61,68)/t34?,35-,36-,55-,79?/m0/s1/i7D. The molecule has 24 heteroatoms. The van der Waals surface area contributed by atoms with Crippen LogP contribution in [-0.4, -0.2) is 126 Å². The molecule has 1 aromatic carbocycles. The number of aryl methyl sites for hydroxylation is 1. The van der Waals surface area contributed by atoms with Gasteiger partial charge in [0, 0.05) is 69.1 Å². The number of carbonyl (C=O) groups excluding carboxylic acids is 7. The van der Waals surface area contributed by atoms with Crippen molar-refractivity contribution in [2.24, 2.45) is 5.41 Å². The minimum Gasteiger partial charge on any atom is -0.457 e. The molecule has 0 aliphatic carbocycles. The average molecular weight is 1120 g/mol. The average Bonchev–Trinajstić information content (AvgIpc) is 3.77. The summed E-state index contributed by atoms with van der Waals surface area (Å²) in [6.07, 6.45) is -0.389. The molecule has 0 spiro atoms. The van der Waals surface area contributed by atoms with Gasteiger partial charge in [0.25, 0.3) is 14.1 Å². The Morgan fingerprint density at radius 3 is 2.27 bits per heavy atom. The normalized spacial score (nSPS) is 16.3. The van der Waals surface area contributed by atoms with Crippen molar-refractivity contribution < 1.29 is 62.9 Å². The summed E-state index contributed by atoms with van der Waals surface area (Å²) in [5, 5.41) is 22.7. The van der Waals surface area contributed by atoms with Crippen molar-refractivity contribution in [1.82, 2.24) is 40.8 Å². The number of ether oxygens (including phenoxy) is 4. The number of nitrogens with one attached hydrogen (secondary N) is 5. The van der Waals surface area contributed by atoms with E-state index in [4.69, 9.17) is 39.6 Å². The smallest absolute Gasteiger partial charge is 0.412 e. The van der Waals surface area contributed by atoms with Crippen molar-refractivity contribution in [3.05, 3.63) is 56.9 Å². The summed E-state index contributed by atoms with van der Waals surface area (Å²) in [6, 6.07) is 6.93. The number of nitriles is 1. The maximum Gasteiger partial charge on any atom is 0.412 e. The molecule has 0 radical (unpaired) electrons. The second-order valence-corrected chi connectivity index (χ2v) is 22.2. The molecule has 2 aliphatic rings. The van der Waals surface area contributed by atoms with Gasteiger partial charge in [-0.25, -0.2) is 19.2 Å². The Balaban J connectivity index is 1.02. The van der Waals surface area contributed by atoms with Crippen molar-refractivity contribution in [3.8, 4) is 23.2 Å². The number of rotatable bonds is 28. The van der Waals surface area contributed by atoms with Crippen LogP contribution in [0.3, 0.4) is 0 Å². The number of pyridine rings is 2. The number of fused-ring (bicyclic) bond motifs is 5. The molecule has 23 nitrogen and oxygen atoms in total. The molecule has 0 saturated heterocycles. The number of aromatic nitrogens is 2. The molecule has 432 valence electrons. The lowest BCUT2D eigenvalue weighted by atomic mass is 9.84. The van der Waals surface area contributed by atoms with E-state index in [9.17, 15) is 38.4 Å². The molecule has 5 N–H and O–H groups in total. The van der Waals surface area contributed by atoms with E-state index < -0.39 is 73.5 Å². The molecule has 2 aliphatic heterocycles. The number of amides is 5. The minimum absolute atomic E-state index is 0.00860. The van der Waals surface area contributed by atoms with Crippen LogP contribution in [0.2, 0.25) is 0 Å². The van der Waals surface area contributed by atoms with Crippen molar-refractivity contribution in [3.63, 3.8) is 0 Å². The SMILES string of the molecule is [2H]CC(COCCCNC(=O)CCC(=O)N[C@@H](C)C(=O)N[C@@H](C)C(=O)NCCNC(=O)Oc1ccc2nc3c(c(CC)c2c1)Cn1c-3cc2c(c1=O)COC(=O)[C@@]2(CC)OC(=O)C(C)(C)C)OP(OCCC#N)N(C(C)C)C(C)C. The number of cyclic esters (lactones) is 1. The summed E-state index contributed by atoms with van der Waals surface area (Å²) in [7, 11) is -1.52. The maximum absolute atomic E-state index is 14.1. The van der Waals surface area contributed by atoms with Gasteiger partial charge in [0.05, 0.1) is 66.2 Å². The molecule has 0 fully saturated rings. The van der Waals surface area contributed by atoms with E-state index >= 15 is 0 Å². The number of carbonyl (C=O) groups is 7. The molecule has 5 atom stereocenters. The van der Waals surface area contributed by atoms with E-state index in [0.717, 1.165) is 11.1 Å². The zero-order valence-corrected chi connectivity index (χ0v) is 48.1. The van der Waals surface area contributed by atoms with Gasteiger partial charge in [-0.3, -0.25) is 28.8 Å². The van der Waals surface area contributed by atoms with Crippen LogP contribution >= 0.6 is 8.53 Å². The third kappa shape index (κ3) is 16.3. The highest BCUT2D eigenvalue weighted by Gasteiger charge is 2.51. The lowest BCUT2D eigenvalue weighted by molar-refractivity contribution is -0.194. The maximum atomic E-state index is 14.1. The lowest BCUT2D eigenvalue weighted by Crippen LogP contribution is -2.52. The van der Waals surface area contributed by atoms with Crippen LogP contribution in [0.15, 0.2) is 29.1 Å². The third-order valence-corrected chi connectivity index (χ3v) is 15.2. The largest absolute Gasteiger partial charge is 0.457 e. The molecular weight excluding hydrogens is 1040 g/mol. The zero-order valence-electron chi connectivity index (χ0n) is 48.3. The molecule has 0 saturated carbocycles. The first-order valence-corrected chi connectivity index (χ1v) is 27.9. The van der Waals surface area contributed by atoms with Crippen LogP contribution in [0.25, 0.3) is 22.3 Å². The fraction of sp³-hybridized carbons (Fsp3) is 0.600. The lowest BCUT2D eigenvalue weighted by Gasteiger charge is -2.37. The minimum atomic E-state index is -1.82. The summed E-state index contributed by atoms with van der Waals surface area (Å²) >= 11 is 0. The van der Waals surface area contributed by atoms with Gasteiger partial charge < -0.3 is 59.1 Å². The summed E-state index contributed by atoms with van der Waals surface area (Å²) in [6.45, 7) is 20.4. The molecule has 5 amide bonds. The van der Waals surface area contributed by atoms with Gasteiger partial charge in [0.1, 0.15) is 24.4 Å². The highest BCUT2D eigenvalue weighted by molar-refractivity contribution is 7.44. The quantitative estimate of drug-likeness (QED) is 0.0269.